The Kier molecular flexibility index (Phi) is 4.46. The molecular formula is C9H17NO5. The number of amides is 1. The van der Waals surface area contributed by atoms with Crippen LogP contribution in [0.5, 0.6) is 0 Å². The highest BCUT2D eigenvalue weighted by molar-refractivity contribution is 5.81. The van der Waals surface area contributed by atoms with Gasteiger partial charge in [0.1, 0.15) is 6.10 Å². The van der Waals surface area contributed by atoms with E-state index >= 15 is 0 Å². The van der Waals surface area contributed by atoms with Gasteiger partial charge < -0.3 is 25.3 Å². The minimum Gasteiger partial charge on any atom is -0.394 e. The predicted octanol–water partition coefficient (Wildman–Crippen LogP) is -2.32. The third kappa shape index (κ3) is 2.66. The first-order valence-electron chi connectivity index (χ1n) is 5.00. The first kappa shape index (κ1) is 12.4. The zero-order valence-electron chi connectivity index (χ0n) is 8.41. The van der Waals surface area contributed by atoms with Crippen LogP contribution in [0.1, 0.15) is 12.8 Å². The Morgan fingerprint density at radius 2 is 2.07 bits per heavy atom. The maximum Gasteiger partial charge on any atom is 0.254 e. The van der Waals surface area contributed by atoms with Crippen molar-refractivity contribution in [2.45, 2.75) is 31.1 Å². The van der Waals surface area contributed by atoms with E-state index in [2.05, 4.69) is 0 Å². The molecule has 1 unspecified atom stereocenters. The fraction of sp³-hybridized carbons (Fsp3) is 0.889. The summed E-state index contributed by atoms with van der Waals surface area (Å²) in [7, 11) is 0. The summed E-state index contributed by atoms with van der Waals surface area (Å²) in [6.45, 7) is -0.336. The summed E-state index contributed by atoms with van der Waals surface area (Å²) >= 11 is 0. The van der Waals surface area contributed by atoms with Gasteiger partial charge in [-0.2, -0.15) is 0 Å². The van der Waals surface area contributed by atoms with Crippen molar-refractivity contribution in [2.24, 2.45) is 0 Å². The molecule has 1 saturated heterocycles. The van der Waals surface area contributed by atoms with Crippen molar-refractivity contribution in [3.05, 3.63) is 0 Å². The number of rotatable bonds is 4. The molecule has 0 saturated carbocycles. The molecule has 1 rings (SSSR count). The van der Waals surface area contributed by atoms with Crippen LogP contribution in [0.3, 0.4) is 0 Å². The minimum atomic E-state index is -1.61. The molecule has 3 atom stereocenters. The molecule has 0 aromatic carbocycles. The Morgan fingerprint density at radius 3 is 2.60 bits per heavy atom. The summed E-state index contributed by atoms with van der Waals surface area (Å²) in [4.78, 5) is 13.0. The van der Waals surface area contributed by atoms with Gasteiger partial charge in [0.15, 0.2) is 6.10 Å². The van der Waals surface area contributed by atoms with Crippen LogP contribution in [0.2, 0.25) is 0 Å². The normalized spacial score (nSPS) is 25.3. The fourth-order valence-electron chi connectivity index (χ4n) is 1.75. The molecule has 4 N–H and O–H groups in total. The maximum atomic E-state index is 11.6. The number of hydrogen-bond donors (Lipinski definition) is 4. The van der Waals surface area contributed by atoms with Crippen molar-refractivity contribution >= 4 is 5.91 Å². The second-order valence-electron chi connectivity index (χ2n) is 3.71. The molecule has 6 heteroatoms. The minimum absolute atomic E-state index is 0.145. The highest BCUT2D eigenvalue weighted by atomic mass is 16.4. The van der Waals surface area contributed by atoms with Crippen LogP contribution in [0, 0.1) is 0 Å². The molecule has 6 nitrogen and oxygen atoms in total. The summed E-state index contributed by atoms with van der Waals surface area (Å²) in [6.07, 6.45) is -1.59. The van der Waals surface area contributed by atoms with E-state index in [0.29, 0.717) is 13.0 Å². The molecule has 0 bridgehead atoms. The third-order valence-corrected chi connectivity index (χ3v) is 2.68. The number of likely N-dealkylation sites (tertiary alicyclic amines) is 1. The van der Waals surface area contributed by atoms with Crippen LogP contribution in [-0.4, -0.2) is 69.2 Å². The van der Waals surface area contributed by atoms with Crippen LogP contribution in [-0.2, 0) is 4.79 Å². The number of aliphatic hydroxyl groups excluding tert-OH is 4. The van der Waals surface area contributed by atoms with Crippen molar-refractivity contribution in [3.8, 4) is 0 Å². The molecule has 0 aliphatic carbocycles. The molecular weight excluding hydrogens is 202 g/mol. The largest absolute Gasteiger partial charge is 0.394 e. The maximum absolute atomic E-state index is 11.6. The van der Waals surface area contributed by atoms with Crippen LogP contribution < -0.4 is 0 Å². The summed E-state index contributed by atoms with van der Waals surface area (Å²) in [6, 6.07) is -0.280. The Labute approximate surface area is 87.8 Å². The third-order valence-electron chi connectivity index (χ3n) is 2.68. The lowest BCUT2D eigenvalue weighted by Gasteiger charge is -2.26. The van der Waals surface area contributed by atoms with Crippen LogP contribution in [0.4, 0.5) is 0 Å². The summed E-state index contributed by atoms with van der Waals surface area (Å²) in [5, 5.41) is 36.0. The van der Waals surface area contributed by atoms with E-state index in [1.54, 1.807) is 0 Å². The van der Waals surface area contributed by atoms with Gasteiger partial charge in [-0.1, -0.05) is 0 Å². The first-order chi connectivity index (χ1) is 7.11. The van der Waals surface area contributed by atoms with Crippen LogP contribution in [0.25, 0.3) is 0 Å². The van der Waals surface area contributed by atoms with Crippen molar-refractivity contribution in [3.63, 3.8) is 0 Å². The molecule has 15 heavy (non-hydrogen) atoms. The lowest BCUT2D eigenvalue weighted by Crippen LogP contribution is -2.48. The SMILES string of the molecule is O=C([C@H](O)[C@H](O)CO)N1CCCC1CO. The molecule has 0 spiro atoms. The second-order valence-corrected chi connectivity index (χ2v) is 3.71. The van der Waals surface area contributed by atoms with Gasteiger partial charge in [-0.05, 0) is 12.8 Å². The smallest absolute Gasteiger partial charge is 0.254 e. The van der Waals surface area contributed by atoms with Gasteiger partial charge in [-0.25, -0.2) is 0 Å². The van der Waals surface area contributed by atoms with E-state index in [4.69, 9.17) is 15.3 Å². The molecule has 0 radical (unpaired) electrons. The monoisotopic (exact) mass is 219 g/mol. The van der Waals surface area contributed by atoms with Gasteiger partial charge in [-0.15, -0.1) is 0 Å². The second kappa shape index (κ2) is 5.41. The van der Waals surface area contributed by atoms with Crippen molar-refractivity contribution in [1.29, 1.82) is 0 Å². The van der Waals surface area contributed by atoms with Gasteiger partial charge in [0.2, 0.25) is 0 Å². The quantitative estimate of drug-likeness (QED) is 0.425. The van der Waals surface area contributed by atoms with E-state index < -0.39 is 24.7 Å². The van der Waals surface area contributed by atoms with E-state index in [0.717, 1.165) is 6.42 Å². The van der Waals surface area contributed by atoms with Gasteiger partial charge in [0, 0.05) is 6.54 Å². The van der Waals surface area contributed by atoms with Gasteiger partial charge in [0.25, 0.3) is 5.91 Å². The highest BCUT2D eigenvalue weighted by Crippen LogP contribution is 2.18. The molecule has 0 aromatic heterocycles. The lowest BCUT2D eigenvalue weighted by atomic mass is 10.1. The van der Waals surface area contributed by atoms with Gasteiger partial charge >= 0.3 is 0 Å². The zero-order valence-corrected chi connectivity index (χ0v) is 8.41. The number of aliphatic hydroxyl groups is 4. The first-order valence-corrected chi connectivity index (χ1v) is 5.00. The Hall–Kier alpha value is -0.690. The summed E-state index contributed by atoms with van der Waals surface area (Å²) in [5.41, 5.74) is 0. The standard InChI is InChI=1S/C9H17NO5/c11-4-6-2-1-3-10(6)9(15)8(14)7(13)5-12/h6-8,11-14H,1-5H2/t6?,7-,8-/m1/s1. The van der Waals surface area contributed by atoms with Crippen LogP contribution >= 0.6 is 0 Å². The molecule has 1 fully saturated rings. The van der Waals surface area contributed by atoms with E-state index in [1.807, 2.05) is 0 Å². The van der Waals surface area contributed by atoms with Crippen molar-refractivity contribution < 1.29 is 25.2 Å². The predicted molar refractivity (Wildman–Crippen MR) is 50.9 cm³/mol. The average Bonchev–Trinajstić information content (AvgIpc) is 2.73. The molecule has 1 aliphatic heterocycles. The molecule has 88 valence electrons. The van der Waals surface area contributed by atoms with E-state index in [-0.39, 0.29) is 12.6 Å². The average molecular weight is 219 g/mol. The highest BCUT2D eigenvalue weighted by Gasteiger charge is 2.34. The summed E-state index contributed by atoms with van der Waals surface area (Å²) < 4.78 is 0. The number of carbonyl (C=O) groups is 1. The van der Waals surface area contributed by atoms with Crippen molar-refractivity contribution in [1.82, 2.24) is 4.90 Å². The molecule has 1 aliphatic rings. The van der Waals surface area contributed by atoms with Crippen LogP contribution in [0.15, 0.2) is 0 Å². The zero-order chi connectivity index (χ0) is 11.4. The molecule has 0 aromatic rings. The summed E-state index contributed by atoms with van der Waals surface area (Å²) in [5.74, 6) is -0.631. The number of nitrogens with zero attached hydrogens (tertiary/aromatic N) is 1. The Bertz CT molecular complexity index is 223. The number of hydrogen-bond acceptors (Lipinski definition) is 5. The van der Waals surface area contributed by atoms with E-state index in [1.165, 1.54) is 4.90 Å². The topological polar surface area (TPSA) is 101 Å². The molecule has 1 heterocycles. The Morgan fingerprint density at radius 1 is 1.40 bits per heavy atom. The molecule has 1 amide bonds. The number of carbonyl (C=O) groups excluding carboxylic acids is 1. The van der Waals surface area contributed by atoms with E-state index in [9.17, 15) is 9.90 Å². The van der Waals surface area contributed by atoms with Crippen molar-refractivity contribution in [2.75, 3.05) is 19.8 Å². The van der Waals surface area contributed by atoms with Gasteiger partial charge in [0.05, 0.1) is 19.3 Å². The Balaban J connectivity index is 2.59. The fourth-order valence-corrected chi connectivity index (χ4v) is 1.75. The lowest BCUT2D eigenvalue weighted by molar-refractivity contribution is -0.149. The van der Waals surface area contributed by atoms with Gasteiger partial charge in [-0.3, -0.25) is 4.79 Å².